The molecule has 0 aliphatic carbocycles. The first-order valence-corrected chi connectivity index (χ1v) is 6.41. The highest BCUT2D eigenvalue weighted by molar-refractivity contribution is 5.35. The Balaban J connectivity index is 2.04. The zero-order valence-corrected chi connectivity index (χ0v) is 11.1. The van der Waals surface area contributed by atoms with Crippen LogP contribution >= 0.6 is 0 Å². The van der Waals surface area contributed by atoms with Crippen molar-refractivity contribution in [2.24, 2.45) is 0 Å². The minimum Gasteiger partial charge on any atom is -0.491 e. The van der Waals surface area contributed by atoms with Gasteiger partial charge in [0.1, 0.15) is 24.6 Å². The van der Waals surface area contributed by atoms with Gasteiger partial charge in [0.05, 0.1) is 26.4 Å². The van der Waals surface area contributed by atoms with Gasteiger partial charge in [0.15, 0.2) is 0 Å². The number of aliphatic hydroxyl groups is 1. The molecule has 1 saturated heterocycles. The van der Waals surface area contributed by atoms with Crippen LogP contribution in [0, 0.1) is 0 Å². The van der Waals surface area contributed by atoms with E-state index in [2.05, 4.69) is 0 Å². The molecule has 2 atom stereocenters. The third-order valence-electron chi connectivity index (χ3n) is 2.98. The lowest BCUT2D eigenvalue weighted by Crippen LogP contribution is -2.34. The topological polar surface area (TPSA) is 57.2 Å². The van der Waals surface area contributed by atoms with Crippen LogP contribution < -0.4 is 4.74 Å². The van der Waals surface area contributed by atoms with Gasteiger partial charge in [-0.05, 0) is 6.07 Å². The number of hydrogen-bond acceptors (Lipinski definition) is 5. The van der Waals surface area contributed by atoms with Gasteiger partial charge >= 0.3 is 0 Å². The summed E-state index contributed by atoms with van der Waals surface area (Å²) >= 11 is 0. The molecular weight excluding hydrogens is 248 g/mol. The summed E-state index contributed by atoms with van der Waals surface area (Å²) < 4.78 is 21.4. The van der Waals surface area contributed by atoms with Gasteiger partial charge < -0.3 is 24.1 Å². The summed E-state index contributed by atoms with van der Waals surface area (Å²) in [6.45, 7) is 2.44. The monoisotopic (exact) mass is 268 g/mol. The van der Waals surface area contributed by atoms with Gasteiger partial charge in [-0.25, -0.2) is 0 Å². The van der Waals surface area contributed by atoms with E-state index in [4.69, 9.17) is 18.9 Å². The van der Waals surface area contributed by atoms with Crippen LogP contribution in [0.25, 0.3) is 0 Å². The molecule has 2 unspecified atom stereocenters. The SMILES string of the molecule is COCCOc1ccccc1C(O)C1COCCO1. The van der Waals surface area contributed by atoms with Gasteiger partial charge in [-0.15, -0.1) is 0 Å². The molecule has 1 fully saturated rings. The quantitative estimate of drug-likeness (QED) is 0.785. The molecule has 2 rings (SSSR count). The van der Waals surface area contributed by atoms with Crippen molar-refractivity contribution in [1.29, 1.82) is 0 Å². The van der Waals surface area contributed by atoms with Crippen LogP contribution in [0.2, 0.25) is 0 Å². The highest BCUT2D eigenvalue weighted by Gasteiger charge is 2.26. The summed E-state index contributed by atoms with van der Waals surface area (Å²) in [5, 5.41) is 10.4. The van der Waals surface area contributed by atoms with Crippen molar-refractivity contribution in [2.75, 3.05) is 40.1 Å². The highest BCUT2D eigenvalue weighted by atomic mass is 16.6. The molecule has 0 bridgehead atoms. The maximum absolute atomic E-state index is 10.4. The summed E-state index contributed by atoms with van der Waals surface area (Å²) in [6, 6.07) is 7.41. The highest BCUT2D eigenvalue weighted by Crippen LogP contribution is 2.29. The van der Waals surface area contributed by atoms with Crippen molar-refractivity contribution in [2.45, 2.75) is 12.2 Å². The van der Waals surface area contributed by atoms with E-state index in [-0.39, 0.29) is 6.10 Å². The van der Waals surface area contributed by atoms with Crippen molar-refractivity contribution in [1.82, 2.24) is 0 Å². The van der Waals surface area contributed by atoms with Gasteiger partial charge in [-0.2, -0.15) is 0 Å². The first kappa shape index (κ1) is 14.3. The van der Waals surface area contributed by atoms with Crippen LogP contribution in [-0.4, -0.2) is 51.4 Å². The van der Waals surface area contributed by atoms with E-state index in [1.807, 2.05) is 24.3 Å². The molecule has 0 radical (unpaired) electrons. The average Bonchev–Trinajstić information content (AvgIpc) is 2.48. The fraction of sp³-hybridized carbons (Fsp3) is 0.571. The maximum atomic E-state index is 10.4. The molecule has 0 amide bonds. The molecule has 1 aliphatic heterocycles. The summed E-state index contributed by atoms with van der Waals surface area (Å²) in [7, 11) is 1.62. The van der Waals surface area contributed by atoms with E-state index < -0.39 is 6.10 Å². The number of benzene rings is 1. The molecule has 1 aliphatic rings. The predicted molar refractivity (Wildman–Crippen MR) is 69.3 cm³/mol. The molecular formula is C14H20O5. The van der Waals surface area contributed by atoms with Crippen LogP contribution in [0.3, 0.4) is 0 Å². The zero-order chi connectivity index (χ0) is 13.5. The molecule has 1 aromatic rings. The Kier molecular flexibility index (Phi) is 5.60. The minimum atomic E-state index is -0.751. The summed E-state index contributed by atoms with van der Waals surface area (Å²) in [5.74, 6) is 0.654. The maximum Gasteiger partial charge on any atom is 0.125 e. The van der Waals surface area contributed by atoms with Crippen molar-refractivity contribution >= 4 is 0 Å². The smallest absolute Gasteiger partial charge is 0.125 e. The molecule has 0 saturated carbocycles. The summed E-state index contributed by atoms with van der Waals surface area (Å²) in [4.78, 5) is 0. The fourth-order valence-corrected chi connectivity index (χ4v) is 1.98. The van der Waals surface area contributed by atoms with Crippen molar-refractivity contribution in [3.63, 3.8) is 0 Å². The third kappa shape index (κ3) is 3.91. The second-order valence-corrected chi connectivity index (χ2v) is 4.31. The van der Waals surface area contributed by atoms with Gasteiger partial charge in [-0.3, -0.25) is 0 Å². The zero-order valence-electron chi connectivity index (χ0n) is 11.1. The minimum absolute atomic E-state index is 0.346. The van der Waals surface area contributed by atoms with Crippen LogP contribution in [0.1, 0.15) is 11.7 Å². The second kappa shape index (κ2) is 7.45. The van der Waals surface area contributed by atoms with Gasteiger partial charge in [0.25, 0.3) is 0 Å². The van der Waals surface area contributed by atoms with E-state index in [0.717, 1.165) is 0 Å². The molecule has 1 aromatic carbocycles. The molecule has 19 heavy (non-hydrogen) atoms. The number of rotatable bonds is 6. The predicted octanol–water partition coefficient (Wildman–Crippen LogP) is 1.16. The standard InChI is InChI=1S/C14H20O5/c1-16-6-8-18-12-5-3-2-4-11(12)14(15)13-10-17-7-9-19-13/h2-5,13-15H,6-10H2,1H3. The first-order chi connectivity index (χ1) is 9.33. The molecule has 0 aromatic heterocycles. The van der Waals surface area contributed by atoms with Crippen molar-refractivity contribution < 1.29 is 24.1 Å². The van der Waals surface area contributed by atoms with Gasteiger partial charge in [-0.1, -0.05) is 18.2 Å². The Morgan fingerprint density at radius 1 is 1.32 bits per heavy atom. The molecule has 0 spiro atoms. The fourth-order valence-electron chi connectivity index (χ4n) is 1.98. The molecule has 1 heterocycles. The lowest BCUT2D eigenvalue weighted by molar-refractivity contribution is -0.133. The Morgan fingerprint density at radius 2 is 2.16 bits per heavy atom. The molecule has 5 nitrogen and oxygen atoms in total. The first-order valence-electron chi connectivity index (χ1n) is 6.41. The van der Waals surface area contributed by atoms with E-state index in [1.165, 1.54) is 0 Å². The average molecular weight is 268 g/mol. The number of para-hydroxylation sites is 1. The van der Waals surface area contributed by atoms with Crippen LogP contribution in [-0.2, 0) is 14.2 Å². The summed E-state index contributed by atoms with van der Waals surface area (Å²) in [6.07, 6.45) is -1.10. The van der Waals surface area contributed by atoms with Crippen LogP contribution in [0.5, 0.6) is 5.75 Å². The van der Waals surface area contributed by atoms with E-state index in [9.17, 15) is 5.11 Å². The molecule has 1 N–H and O–H groups in total. The second-order valence-electron chi connectivity index (χ2n) is 4.31. The Bertz CT molecular complexity index is 376. The van der Waals surface area contributed by atoms with Gasteiger partial charge in [0, 0.05) is 12.7 Å². The van der Waals surface area contributed by atoms with Crippen molar-refractivity contribution in [3.05, 3.63) is 29.8 Å². The van der Waals surface area contributed by atoms with Crippen LogP contribution in [0.4, 0.5) is 0 Å². The largest absolute Gasteiger partial charge is 0.491 e. The van der Waals surface area contributed by atoms with E-state index in [0.29, 0.717) is 44.3 Å². The van der Waals surface area contributed by atoms with E-state index >= 15 is 0 Å². The lowest BCUT2D eigenvalue weighted by Gasteiger charge is -2.28. The molecule has 106 valence electrons. The van der Waals surface area contributed by atoms with Crippen LogP contribution in [0.15, 0.2) is 24.3 Å². The lowest BCUT2D eigenvalue weighted by atomic mass is 10.0. The van der Waals surface area contributed by atoms with Gasteiger partial charge in [0.2, 0.25) is 0 Å². The third-order valence-corrected chi connectivity index (χ3v) is 2.98. The number of methoxy groups -OCH3 is 1. The molecule has 5 heteroatoms. The number of hydrogen-bond donors (Lipinski definition) is 1. The van der Waals surface area contributed by atoms with E-state index in [1.54, 1.807) is 7.11 Å². The Labute approximate surface area is 113 Å². The van der Waals surface area contributed by atoms with Crippen molar-refractivity contribution in [3.8, 4) is 5.75 Å². The number of aliphatic hydroxyl groups excluding tert-OH is 1. The summed E-state index contributed by atoms with van der Waals surface area (Å²) in [5.41, 5.74) is 0.717. The Hall–Kier alpha value is -1.14. The normalized spacial score (nSPS) is 21.1. The number of ether oxygens (including phenoxy) is 4. The Morgan fingerprint density at radius 3 is 2.89 bits per heavy atom.